The van der Waals surface area contributed by atoms with Gasteiger partial charge in [-0.15, -0.1) is 0 Å². The molecule has 0 saturated heterocycles. The monoisotopic (exact) mass is 262 g/mol. The molecule has 1 aliphatic rings. The highest BCUT2D eigenvalue weighted by atomic mass is 16.5. The summed E-state index contributed by atoms with van der Waals surface area (Å²) in [5.41, 5.74) is 7.27. The number of carbonyl (C=O) groups is 2. The summed E-state index contributed by atoms with van der Waals surface area (Å²) in [5.74, 6) is -0.235. The fraction of sp³-hybridized carbons (Fsp3) is 0.429. The molecule has 1 fully saturated rings. The van der Waals surface area contributed by atoms with E-state index in [0.29, 0.717) is 23.7 Å². The van der Waals surface area contributed by atoms with Crippen LogP contribution >= 0.6 is 0 Å². The predicted octanol–water partition coefficient (Wildman–Crippen LogP) is 1.26. The van der Waals surface area contributed by atoms with Gasteiger partial charge in [0.25, 0.3) is 5.91 Å². The van der Waals surface area contributed by atoms with Crippen LogP contribution in [0.5, 0.6) is 0 Å². The Morgan fingerprint density at radius 3 is 2.84 bits per heavy atom. The Labute approximate surface area is 112 Å². The van der Waals surface area contributed by atoms with E-state index in [9.17, 15) is 9.59 Å². The molecule has 0 atom stereocenters. The van der Waals surface area contributed by atoms with Crippen LogP contribution < -0.4 is 11.1 Å². The first-order valence-electron chi connectivity index (χ1n) is 6.36. The number of anilines is 1. The van der Waals surface area contributed by atoms with Crippen molar-refractivity contribution >= 4 is 17.6 Å². The molecule has 102 valence electrons. The number of rotatable bonds is 5. The lowest BCUT2D eigenvalue weighted by Crippen LogP contribution is -2.30. The molecule has 0 aliphatic heterocycles. The van der Waals surface area contributed by atoms with Gasteiger partial charge in [-0.2, -0.15) is 0 Å². The van der Waals surface area contributed by atoms with Crippen molar-refractivity contribution < 1.29 is 14.3 Å². The fourth-order valence-electron chi connectivity index (χ4n) is 1.69. The van der Waals surface area contributed by atoms with E-state index in [1.165, 1.54) is 12.8 Å². The van der Waals surface area contributed by atoms with E-state index in [1.807, 2.05) is 13.0 Å². The quantitative estimate of drug-likeness (QED) is 0.618. The maximum absolute atomic E-state index is 11.8. The van der Waals surface area contributed by atoms with Crippen LogP contribution in [0.2, 0.25) is 0 Å². The maximum atomic E-state index is 11.8. The molecule has 0 unspecified atom stereocenters. The number of nitrogens with one attached hydrogen (secondary N) is 1. The predicted molar refractivity (Wildman–Crippen MR) is 71.6 cm³/mol. The largest absolute Gasteiger partial charge is 0.452 e. The highest BCUT2D eigenvalue weighted by molar-refractivity contribution is 5.96. The number of hydrogen-bond acceptors (Lipinski definition) is 4. The Morgan fingerprint density at radius 2 is 2.16 bits per heavy atom. The molecule has 1 aliphatic carbocycles. The molecule has 0 bridgehead atoms. The van der Waals surface area contributed by atoms with Gasteiger partial charge >= 0.3 is 5.97 Å². The minimum absolute atomic E-state index is 0.265. The van der Waals surface area contributed by atoms with Crippen molar-refractivity contribution in [3.8, 4) is 0 Å². The van der Waals surface area contributed by atoms with Crippen LogP contribution in [0.3, 0.4) is 0 Å². The second-order valence-electron chi connectivity index (χ2n) is 4.91. The molecule has 5 heteroatoms. The molecule has 0 aromatic heterocycles. The first-order chi connectivity index (χ1) is 9.06. The van der Waals surface area contributed by atoms with Crippen molar-refractivity contribution in [2.24, 2.45) is 5.92 Å². The fourth-order valence-corrected chi connectivity index (χ4v) is 1.69. The zero-order chi connectivity index (χ0) is 13.8. The van der Waals surface area contributed by atoms with Gasteiger partial charge in [0.05, 0.1) is 5.56 Å². The lowest BCUT2D eigenvalue weighted by Gasteiger charge is -2.08. The van der Waals surface area contributed by atoms with Gasteiger partial charge in [-0.3, -0.25) is 4.79 Å². The maximum Gasteiger partial charge on any atom is 0.340 e. The van der Waals surface area contributed by atoms with E-state index in [0.717, 1.165) is 5.56 Å². The van der Waals surface area contributed by atoms with Crippen LogP contribution in [0.4, 0.5) is 5.69 Å². The molecule has 1 saturated carbocycles. The second kappa shape index (κ2) is 5.73. The van der Waals surface area contributed by atoms with Gasteiger partial charge in [0.2, 0.25) is 0 Å². The first kappa shape index (κ1) is 13.4. The number of ether oxygens (including phenoxy) is 1. The molecule has 1 aromatic rings. The topological polar surface area (TPSA) is 81.4 Å². The van der Waals surface area contributed by atoms with Crippen molar-refractivity contribution in [3.05, 3.63) is 29.3 Å². The lowest BCUT2D eigenvalue weighted by atomic mass is 10.1. The third kappa shape index (κ3) is 3.98. The number of nitrogen functional groups attached to an aromatic ring is 1. The Hall–Kier alpha value is -2.04. The van der Waals surface area contributed by atoms with E-state index in [4.69, 9.17) is 10.5 Å². The highest BCUT2D eigenvalue weighted by Crippen LogP contribution is 2.27. The summed E-state index contributed by atoms with van der Waals surface area (Å²) < 4.78 is 4.95. The number of amides is 1. The molecule has 2 rings (SSSR count). The molecule has 1 aromatic carbocycles. The third-order valence-electron chi connectivity index (χ3n) is 3.05. The average molecular weight is 262 g/mol. The van der Waals surface area contributed by atoms with Gasteiger partial charge in [0.1, 0.15) is 0 Å². The highest BCUT2D eigenvalue weighted by Gasteiger charge is 2.22. The molecular weight excluding hydrogens is 244 g/mol. The molecule has 5 nitrogen and oxygen atoms in total. The Balaban J connectivity index is 1.82. The van der Waals surface area contributed by atoms with E-state index in [-0.39, 0.29) is 12.5 Å². The van der Waals surface area contributed by atoms with Gasteiger partial charge in [0.15, 0.2) is 6.61 Å². The normalized spacial score (nSPS) is 13.9. The van der Waals surface area contributed by atoms with Crippen molar-refractivity contribution in [2.75, 3.05) is 18.9 Å². The Bertz CT molecular complexity index is 495. The van der Waals surface area contributed by atoms with Crippen molar-refractivity contribution in [1.82, 2.24) is 5.32 Å². The van der Waals surface area contributed by atoms with Gasteiger partial charge in [-0.25, -0.2) is 4.79 Å². The summed E-state index contributed by atoms with van der Waals surface area (Å²) in [7, 11) is 0. The van der Waals surface area contributed by atoms with Crippen molar-refractivity contribution in [3.63, 3.8) is 0 Å². The Kier molecular flexibility index (Phi) is 4.04. The van der Waals surface area contributed by atoms with Crippen molar-refractivity contribution in [1.29, 1.82) is 0 Å². The van der Waals surface area contributed by atoms with Crippen LogP contribution in [0, 0.1) is 12.8 Å². The van der Waals surface area contributed by atoms with Crippen LogP contribution in [0.15, 0.2) is 18.2 Å². The number of esters is 1. The molecule has 19 heavy (non-hydrogen) atoms. The second-order valence-corrected chi connectivity index (χ2v) is 4.91. The average Bonchev–Trinajstić information content (AvgIpc) is 3.20. The van der Waals surface area contributed by atoms with E-state index in [1.54, 1.807) is 12.1 Å². The minimum atomic E-state index is -0.567. The number of aryl methyl sites for hydroxylation is 1. The van der Waals surface area contributed by atoms with Crippen LogP contribution in [0.1, 0.15) is 28.8 Å². The van der Waals surface area contributed by atoms with Gasteiger partial charge in [0, 0.05) is 12.2 Å². The smallest absolute Gasteiger partial charge is 0.340 e. The summed E-state index contributed by atoms with van der Waals surface area (Å²) in [4.78, 5) is 23.2. The number of hydrogen-bond donors (Lipinski definition) is 2. The number of carbonyl (C=O) groups excluding carboxylic acids is 2. The molecule has 3 N–H and O–H groups in total. The zero-order valence-corrected chi connectivity index (χ0v) is 10.9. The van der Waals surface area contributed by atoms with E-state index >= 15 is 0 Å². The molecule has 0 spiro atoms. The SMILES string of the molecule is Cc1ccc(N)c(C(=O)OCC(=O)NCC2CC2)c1. The van der Waals surface area contributed by atoms with Gasteiger partial charge < -0.3 is 15.8 Å². The van der Waals surface area contributed by atoms with E-state index < -0.39 is 5.97 Å². The summed E-state index contributed by atoms with van der Waals surface area (Å²) in [5, 5.41) is 2.73. The molecule has 1 amide bonds. The van der Waals surface area contributed by atoms with Crippen LogP contribution in [-0.4, -0.2) is 25.0 Å². The molecule has 0 heterocycles. The zero-order valence-electron chi connectivity index (χ0n) is 10.9. The third-order valence-corrected chi connectivity index (χ3v) is 3.05. The first-order valence-corrected chi connectivity index (χ1v) is 6.36. The van der Waals surface area contributed by atoms with Crippen LogP contribution in [0.25, 0.3) is 0 Å². The molecule has 0 radical (unpaired) electrons. The summed E-state index contributed by atoms with van der Waals surface area (Å²) >= 11 is 0. The number of nitrogens with two attached hydrogens (primary N) is 1. The van der Waals surface area contributed by atoms with Gasteiger partial charge in [-0.05, 0) is 37.8 Å². The summed E-state index contributed by atoms with van der Waals surface area (Å²) in [6.45, 7) is 2.26. The van der Waals surface area contributed by atoms with E-state index in [2.05, 4.69) is 5.32 Å². The minimum Gasteiger partial charge on any atom is -0.452 e. The lowest BCUT2D eigenvalue weighted by molar-refractivity contribution is -0.124. The van der Waals surface area contributed by atoms with Crippen LogP contribution in [-0.2, 0) is 9.53 Å². The molecular formula is C14H18N2O3. The summed E-state index contributed by atoms with van der Waals surface area (Å²) in [6, 6.07) is 5.12. The Morgan fingerprint density at radius 1 is 1.42 bits per heavy atom. The summed E-state index contributed by atoms with van der Waals surface area (Å²) in [6.07, 6.45) is 2.33. The number of benzene rings is 1. The standard InChI is InChI=1S/C14H18N2O3/c1-9-2-5-12(15)11(6-9)14(18)19-8-13(17)16-7-10-3-4-10/h2,5-6,10H,3-4,7-8,15H2,1H3,(H,16,17). The van der Waals surface area contributed by atoms with Crippen molar-refractivity contribution in [2.45, 2.75) is 19.8 Å². The van der Waals surface area contributed by atoms with Gasteiger partial charge in [-0.1, -0.05) is 11.6 Å².